The third-order valence-electron chi connectivity index (χ3n) is 4.13. The molecule has 1 saturated carbocycles. The number of nitrogens with zero attached hydrogens (tertiary/aromatic N) is 1. The Labute approximate surface area is 103 Å². The SMILES string of the molecule is COC(=O)[C@H]1C[C@H](N)CN1CC1CCCCC1. The molecule has 98 valence electrons. The van der Waals surface area contributed by atoms with E-state index in [4.69, 9.17) is 10.5 Å². The molecule has 4 heteroatoms. The zero-order valence-corrected chi connectivity index (χ0v) is 10.7. The Hall–Kier alpha value is -0.610. The highest BCUT2D eigenvalue weighted by molar-refractivity contribution is 5.76. The number of likely N-dealkylation sites (tertiary alicyclic amines) is 1. The molecule has 0 bridgehead atoms. The van der Waals surface area contributed by atoms with Crippen LogP contribution in [-0.4, -0.2) is 43.2 Å². The molecule has 2 rings (SSSR count). The lowest BCUT2D eigenvalue weighted by Crippen LogP contribution is -2.40. The fourth-order valence-electron chi connectivity index (χ4n) is 3.22. The summed E-state index contributed by atoms with van der Waals surface area (Å²) in [5.41, 5.74) is 5.96. The van der Waals surface area contributed by atoms with Crippen LogP contribution in [-0.2, 0) is 9.53 Å². The molecule has 0 aromatic heterocycles. The first kappa shape index (κ1) is 12.8. The molecule has 1 heterocycles. The van der Waals surface area contributed by atoms with Gasteiger partial charge in [0, 0.05) is 19.1 Å². The van der Waals surface area contributed by atoms with Gasteiger partial charge in [-0.15, -0.1) is 0 Å². The molecule has 1 saturated heterocycles. The maximum atomic E-state index is 11.7. The molecule has 0 aromatic carbocycles. The van der Waals surface area contributed by atoms with Crippen LogP contribution in [0.1, 0.15) is 38.5 Å². The molecule has 1 aliphatic heterocycles. The zero-order valence-electron chi connectivity index (χ0n) is 10.7. The van der Waals surface area contributed by atoms with Gasteiger partial charge in [-0.05, 0) is 25.2 Å². The lowest BCUT2D eigenvalue weighted by molar-refractivity contribution is -0.146. The maximum absolute atomic E-state index is 11.7. The summed E-state index contributed by atoms with van der Waals surface area (Å²) < 4.78 is 4.87. The first-order valence-electron chi connectivity index (χ1n) is 6.78. The normalized spacial score (nSPS) is 31.6. The average molecular weight is 240 g/mol. The number of ether oxygens (including phenoxy) is 1. The van der Waals surface area contributed by atoms with E-state index in [9.17, 15) is 4.79 Å². The topological polar surface area (TPSA) is 55.6 Å². The van der Waals surface area contributed by atoms with E-state index in [2.05, 4.69) is 4.90 Å². The van der Waals surface area contributed by atoms with E-state index in [-0.39, 0.29) is 18.1 Å². The first-order chi connectivity index (χ1) is 8.20. The Kier molecular flexibility index (Phi) is 4.40. The Balaban J connectivity index is 1.90. The summed E-state index contributed by atoms with van der Waals surface area (Å²) in [6.45, 7) is 1.86. The van der Waals surface area contributed by atoms with Gasteiger partial charge in [0.1, 0.15) is 6.04 Å². The smallest absolute Gasteiger partial charge is 0.323 e. The molecule has 0 amide bonds. The molecule has 2 atom stereocenters. The van der Waals surface area contributed by atoms with Crippen LogP contribution in [0, 0.1) is 5.92 Å². The van der Waals surface area contributed by atoms with Crippen molar-refractivity contribution in [1.29, 1.82) is 0 Å². The number of carbonyl (C=O) groups excluding carboxylic acids is 1. The number of hydrogen-bond acceptors (Lipinski definition) is 4. The highest BCUT2D eigenvalue weighted by Crippen LogP contribution is 2.27. The van der Waals surface area contributed by atoms with Gasteiger partial charge in [-0.1, -0.05) is 19.3 Å². The Morgan fingerprint density at radius 1 is 1.35 bits per heavy atom. The third kappa shape index (κ3) is 3.19. The van der Waals surface area contributed by atoms with Crippen molar-refractivity contribution in [1.82, 2.24) is 4.90 Å². The van der Waals surface area contributed by atoms with Crippen molar-refractivity contribution in [3.63, 3.8) is 0 Å². The van der Waals surface area contributed by atoms with E-state index in [0.717, 1.165) is 25.4 Å². The Morgan fingerprint density at radius 3 is 2.71 bits per heavy atom. The monoisotopic (exact) mass is 240 g/mol. The number of carbonyl (C=O) groups is 1. The molecule has 17 heavy (non-hydrogen) atoms. The number of rotatable bonds is 3. The Bertz CT molecular complexity index is 264. The Morgan fingerprint density at radius 2 is 2.06 bits per heavy atom. The molecule has 0 unspecified atom stereocenters. The second-order valence-corrected chi connectivity index (χ2v) is 5.49. The van der Waals surface area contributed by atoms with Gasteiger partial charge in [-0.3, -0.25) is 9.69 Å². The molecule has 2 N–H and O–H groups in total. The van der Waals surface area contributed by atoms with Crippen LogP contribution < -0.4 is 5.73 Å². The van der Waals surface area contributed by atoms with Crippen LogP contribution in [0.15, 0.2) is 0 Å². The van der Waals surface area contributed by atoms with Gasteiger partial charge in [-0.2, -0.15) is 0 Å². The predicted octanol–water partition coefficient (Wildman–Crippen LogP) is 1.14. The minimum atomic E-state index is -0.117. The quantitative estimate of drug-likeness (QED) is 0.752. The number of esters is 1. The molecule has 2 fully saturated rings. The van der Waals surface area contributed by atoms with Crippen LogP contribution in [0.2, 0.25) is 0 Å². The second-order valence-electron chi connectivity index (χ2n) is 5.49. The molecule has 1 aliphatic carbocycles. The molecule has 0 spiro atoms. The van der Waals surface area contributed by atoms with Crippen molar-refractivity contribution in [3.05, 3.63) is 0 Å². The van der Waals surface area contributed by atoms with Crippen LogP contribution in [0.25, 0.3) is 0 Å². The van der Waals surface area contributed by atoms with Crippen molar-refractivity contribution in [2.24, 2.45) is 11.7 Å². The van der Waals surface area contributed by atoms with Crippen molar-refractivity contribution in [2.45, 2.75) is 50.6 Å². The lowest BCUT2D eigenvalue weighted by atomic mass is 9.89. The molecule has 2 aliphatic rings. The lowest BCUT2D eigenvalue weighted by Gasteiger charge is -2.29. The zero-order chi connectivity index (χ0) is 12.3. The van der Waals surface area contributed by atoms with E-state index in [1.54, 1.807) is 0 Å². The van der Waals surface area contributed by atoms with Crippen molar-refractivity contribution in [3.8, 4) is 0 Å². The summed E-state index contributed by atoms with van der Waals surface area (Å²) in [4.78, 5) is 13.9. The fourth-order valence-corrected chi connectivity index (χ4v) is 3.22. The van der Waals surface area contributed by atoms with Crippen LogP contribution in [0.3, 0.4) is 0 Å². The predicted molar refractivity (Wildman–Crippen MR) is 66.5 cm³/mol. The summed E-state index contributed by atoms with van der Waals surface area (Å²) in [6, 6.07) is 0.0274. The van der Waals surface area contributed by atoms with Gasteiger partial charge in [0.25, 0.3) is 0 Å². The molecule has 0 aromatic rings. The van der Waals surface area contributed by atoms with Crippen molar-refractivity contribution in [2.75, 3.05) is 20.2 Å². The fraction of sp³-hybridized carbons (Fsp3) is 0.923. The van der Waals surface area contributed by atoms with Gasteiger partial charge in [-0.25, -0.2) is 0 Å². The van der Waals surface area contributed by atoms with Gasteiger partial charge in [0.05, 0.1) is 7.11 Å². The number of nitrogens with two attached hydrogens (primary N) is 1. The van der Waals surface area contributed by atoms with E-state index < -0.39 is 0 Å². The van der Waals surface area contributed by atoms with Crippen molar-refractivity contribution >= 4 is 5.97 Å². The molecular formula is C13H24N2O2. The molecule has 0 radical (unpaired) electrons. The summed E-state index contributed by atoms with van der Waals surface area (Å²) in [7, 11) is 1.46. The largest absolute Gasteiger partial charge is 0.468 e. The van der Waals surface area contributed by atoms with Crippen molar-refractivity contribution < 1.29 is 9.53 Å². The van der Waals surface area contributed by atoms with Gasteiger partial charge < -0.3 is 10.5 Å². The second kappa shape index (κ2) is 5.83. The van der Waals surface area contributed by atoms with Gasteiger partial charge in [0.2, 0.25) is 0 Å². The number of hydrogen-bond donors (Lipinski definition) is 1. The summed E-state index contributed by atoms with van der Waals surface area (Å²) in [5.74, 6) is 0.634. The minimum absolute atomic E-state index is 0.100. The minimum Gasteiger partial charge on any atom is -0.468 e. The average Bonchev–Trinajstić information content (AvgIpc) is 2.70. The van der Waals surface area contributed by atoms with E-state index >= 15 is 0 Å². The standard InChI is InChI=1S/C13H24N2O2/c1-17-13(16)12-7-11(14)9-15(12)8-10-5-3-2-4-6-10/h10-12H,2-9,14H2,1H3/t11-,12+/m0/s1. The van der Waals surface area contributed by atoms with Gasteiger partial charge >= 0.3 is 5.97 Å². The highest BCUT2D eigenvalue weighted by Gasteiger charge is 2.36. The van der Waals surface area contributed by atoms with Gasteiger partial charge in [0.15, 0.2) is 0 Å². The van der Waals surface area contributed by atoms with Crippen LogP contribution in [0.5, 0.6) is 0 Å². The first-order valence-corrected chi connectivity index (χ1v) is 6.78. The molecular weight excluding hydrogens is 216 g/mol. The van der Waals surface area contributed by atoms with Crippen LogP contribution in [0.4, 0.5) is 0 Å². The van der Waals surface area contributed by atoms with E-state index in [1.807, 2.05) is 0 Å². The summed E-state index contributed by atoms with van der Waals surface area (Å²) in [5, 5.41) is 0. The highest BCUT2D eigenvalue weighted by atomic mass is 16.5. The van der Waals surface area contributed by atoms with E-state index in [0.29, 0.717) is 0 Å². The van der Waals surface area contributed by atoms with Crippen LogP contribution >= 0.6 is 0 Å². The maximum Gasteiger partial charge on any atom is 0.323 e. The molecule has 4 nitrogen and oxygen atoms in total. The third-order valence-corrected chi connectivity index (χ3v) is 4.13. The summed E-state index contributed by atoms with van der Waals surface area (Å²) >= 11 is 0. The summed E-state index contributed by atoms with van der Waals surface area (Å²) in [6.07, 6.45) is 7.41. The van der Waals surface area contributed by atoms with E-state index in [1.165, 1.54) is 39.2 Å². The number of methoxy groups -OCH3 is 1.